The summed E-state index contributed by atoms with van der Waals surface area (Å²) in [6.45, 7) is -0.635. The maximum atomic E-state index is 9.00. The Morgan fingerprint density at radius 1 is 1.33 bits per heavy atom. The molecule has 0 amide bonds. The summed E-state index contributed by atoms with van der Waals surface area (Å²) in [7, 11) is 0. The zero-order valence-electron chi connectivity index (χ0n) is 6.33. The van der Waals surface area contributed by atoms with E-state index in [4.69, 9.17) is 26.0 Å². The molecular weight excluding hydrogens is 164 g/mol. The van der Waals surface area contributed by atoms with E-state index in [2.05, 4.69) is 5.11 Å². The van der Waals surface area contributed by atoms with E-state index in [1.54, 1.807) is 0 Å². The number of nitrogens with one attached hydrogen (secondary N) is 1. The predicted molar refractivity (Wildman–Crippen MR) is 39.4 cm³/mol. The number of nitrogens with zero attached hydrogens (tertiary/aromatic N) is 1. The molecule has 0 rings (SSSR count). The van der Waals surface area contributed by atoms with Gasteiger partial charge in [-0.15, -0.1) is 0 Å². The summed E-state index contributed by atoms with van der Waals surface area (Å²) in [6.07, 6.45) is -2.18. The van der Waals surface area contributed by atoms with Crippen LogP contribution in [0.15, 0.2) is 17.4 Å². The van der Waals surface area contributed by atoms with Crippen LogP contribution >= 0.6 is 0 Å². The van der Waals surface area contributed by atoms with Crippen molar-refractivity contribution in [1.29, 1.82) is 5.53 Å². The number of rotatable bonds is 5. The monoisotopic (exact) mass is 176 g/mol. The standard InChI is InChI=1S/C6H12N2O4/c7-8-2-1-4(10)6(12)5(11)3-9/h1-2,4-7,9-12H,3H2/b2-1+,8-7?/t4-,5-,6+/m1/s1. The van der Waals surface area contributed by atoms with Crippen LogP contribution in [0.3, 0.4) is 0 Å². The molecule has 0 aliphatic heterocycles. The Labute approximate surface area is 69.3 Å². The molecule has 0 aliphatic rings. The van der Waals surface area contributed by atoms with Gasteiger partial charge in [0, 0.05) is 6.20 Å². The van der Waals surface area contributed by atoms with Gasteiger partial charge in [-0.25, -0.2) is 5.53 Å². The second kappa shape index (κ2) is 5.78. The van der Waals surface area contributed by atoms with Gasteiger partial charge >= 0.3 is 0 Å². The van der Waals surface area contributed by atoms with Crippen molar-refractivity contribution in [2.75, 3.05) is 6.61 Å². The molecule has 0 bridgehead atoms. The first-order valence-corrected chi connectivity index (χ1v) is 3.31. The van der Waals surface area contributed by atoms with Crippen molar-refractivity contribution in [2.45, 2.75) is 18.3 Å². The van der Waals surface area contributed by atoms with Crippen LogP contribution in [0.25, 0.3) is 0 Å². The third-order valence-electron chi connectivity index (χ3n) is 1.29. The van der Waals surface area contributed by atoms with Gasteiger partial charge in [0.05, 0.1) is 6.61 Å². The van der Waals surface area contributed by atoms with E-state index in [9.17, 15) is 0 Å². The molecule has 5 N–H and O–H groups in total. The topological polar surface area (TPSA) is 117 Å². The average Bonchev–Trinajstić information content (AvgIpc) is 2.11. The second-order valence-electron chi connectivity index (χ2n) is 2.20. The van der Waals surface area contributed by atoms with Crippen molar-refractivity contribution in [3.05, 3.63) is 12.3 Å². The Bertz CT molecular complexity index is 162. The van der Waals surface area contributed by atoms with E-state index >= 15 is 0 Å². The fourth-order valence-corrected chi connectivity index (χ4v) is 0.581. The van der Waals surface area contributed by atoms with E-state index in [1.807, 2.05) is 0 Å². The van der Waals surface area contributed by atoms with Gasteiger partial charge in [-0.2, -0.15) is 5.11 Å². The Hall–Kier alpha value is -0.820. The molecule has 0 saturated heterocycles. The summed E-state index contributed by atoms with van der Waals surface area (Å²) in [6, 6.07) is 0. The van der Waals surface area contributed by atoms with Crippen molar-refractivity contribution in [1.82, 2.24) is 0 Å². The van der Waals surface area contributed by atoms with Crippen LogP contribution in [0.4, 0.5) is 0 Å². The number of hydrogen-bond acceptors (Lipinski definition) is 6. The number of aliphatic hydroxyl groups excluding tert-OH is 4. The first kappa shape index (κ1) is 11.2. The second-order valence-corrected chi connectivity index (χ2v) is 2.20. The molecule has 70 valence electrons. The van der Waals surface area contributed by atoms with Gasteiger partial charge in [0.15, 0.2) is 0 Å². The maximum absolute atomic E-state index is 9.00. The van der Waals surface area contributed by atoms with Gasteiger partial charge in [-0.05, 0) is 6.08 Å². The Kier molecular flexibility index (Phi) is 5.39. The SMILES string of the molecule is N=N/C=C/[C@@H](O)[C@H](O)[C@H](O)CO. The van der Waals surface area contributed by atoms with Crippen molar-refractivity contribution < 1.29 is 20.4 Å². The smallest absolute Gasteiger partial charge is 0.112 e. The zero-order valence-corrected chi connectivity index (χ0v) is 6.33. The van der Waals surface area contributed by atoms with E-state index in [-0.39, 0.29) is 0 Å². The van der Waals surface area contributed by atoms with Gasteiger partial charge < -0.3 is 20.4 Å². The molecule has 6 nitrogen and oxygen atoms in total. The minimum absolute atomic E-state index is 0.635. The summed E-state index contributed by atoms with van der Waals surface area (Å²) in [5.74, 6) is 0. The molecule has 0 aromatic carbocycles. The van der Waals surface area contributed by atoms with Crippen LogP contribution in [0, 0.1) is 5.53 Å². The lowest BCUT2D eigenvalue weighted by molar-refractivity contribution is -0.0611. The highest BCUT2D eigenvalue weighted by molar-refractivity contribution is 4.92. The lowest BCUT2D eigenvalue weighted by Gasteiger charge is -2.18. The fourth-order valence-electron chi connectivity index (χ4n) is 0.581. The first-order valence-electron chi connectivity index (χ1n) is 3.31. The van der Waals surface area contributed by atoms with Crippen molar-refractivity contribution in [3.8, 4) is 0 Å². The summed E-state index contributed by atoms with van der Waals surface area (Å²) >= 11 is 0. The summed E-state index contributed by atoms with van der Waals surface area (Å²) < 4.78 is 0. The van der Waals surface area contributed by atoms with Gasteiger partial charge in [-0.1, -0.05) is 0 Å². The highest BCUT2D eigenvalue weighted by atomic mass is 16.4. The summed E-state index contributed by atoms with van der Waals surface area (Å²) in [4.78, 5) is 0. The van der Waals surface area contributed by atoms with Gasteiger partial charge in [0.1, 0.15) is 18.3 Å². The van der Waals surface area contributed by atoms with Crippen molar-refractivity contribution in [2.24, 2.45) is 5.11 Å². The number of aliphatic hydroxyl groups is 4. The first-order chi connectivity index (χ1) is 5.63. The van der Waals surface area contributed by atoms with Crippen LogP contribution in [0.2, 0.25) is 0 Å². The molecule has 0 radical (unpaired) electrons. The molecule has 3 atom stereocenters. The van der Waals surface area contributed by atoms with Crippen LogP contribution in [-0.4, -0.2) is 45.3 Å². The largest absolute Gasteiger partial charge is 0.394 e. The average molecular weight is 176 g/mol. The molecule has 0 fully saturated rings. The molecular formula is C6H12N2O4. The van der Waals surface area contributed by atoms with Crippen LogP contribution < -0.4 is 0 Å². The molecule has 12 heavy (non-hydrogen) atoms. The van der Waals surface area contributed by atoms with E-state index < -0.39 is 24.9 Å². The summed E-state index contributed by atoms with van der Waals surface area (Å²) in [5, 5.41) is 38.0. The van der Waals surface area contributed by atoms with Crippen LogP contribution in [-0.2, 0) is 0 Å². The minimum atomic E-state index is -1.46. The molecule has 0 aromatic heterocycles. The predicted octanol–water partition coefficient (Wildman–Crippen LogP) is -1.39. The Morgan fingerprint density at radius 2 is 1.92 bits per heavy atom. The van der Waals surface area contributed by atoms with Crippen LogP contribution in [0.1, 0.15) is 0 Å². The third kappa shape index (κ3) is 3.54. The highest BCUT2D eigenvalue weighted by Crippen LogP contribution is 2.01. The molecule has 0 aromatic rings. The van der Waals surface area contributed by atoms with Crippen LogP contribution in [0.5, 0.6) is 0 Å². The van der Waals surface area contributed by atoms with E-state index in [0.717, 1.165) is 12.3 Å². The number of hydrogen-bond donors (Lipinski definition) is 5. The quantitative estimate of drug-likeness (QED) is 0.331. The van der Waals surface area contributed by atoms with Gasteiger partial charge in [0.2, 0.25) is 0 Å². The molecule has 0 unspecified atom stereocenters. The van der Waals surface area contributed by atoms with Gasteiger partial charge in [-0.3, -0.25) is 0 Å². The fraction of sp³-hybridized carbons (Fsp3) is 0.667. The van der Waals surface area contributed by atoms with Crippen molar-refractivity contribution in [3.63, 3.8) is 0 Å². The highest BCUT2D eigenvalue weighted by Gasteiger charge is 2.21. The molecule has 0 heterocycles. The maximum Gasteiger partial charge on any atom is 0.112 e. The Morgan fingerprint density at radius 3 is 2.33 bits per heavy atom. The lowest BCUT2D eigenvalue weighted by Crippen LogP contribution is -2.38. The third-order valence-corrected chi connectivity index (χ3v) is 1.29. The normalized spacial score (nSPS) is 19.0. The molecule has 0 saturated carbocycles. The molecule has 0 spiro atoms. The van der Waals surface area contributed by atoms with E-state index in [0.29, 0.717) is 0 Å². The van der Waals surface area contributed by atoms with Gasteiger partial charge in [0.25, 0.3) is 0 Å². The lowest BCUT2D eigenvalue weighted by atomic mass is 10.1. The van der Waals surface area contributed by atoms with E-state index in [1.165, 1.54) is 0 Å². The zero-order chi connectivity index (χ0) is 9.56. The summed E-state index contributed by atoms with van der Waals surface area (Å²) in [5.41, 5.74) is 6.32. The Balaban J connectivity index is 3.99. The minimum Gasteiger partial charge on any atom is -0.394 e. The molecule has 0 aliphatic carbocycles. The van der Waals surface area contributed by atoms with Crippen molar-refractivity contribution >= 4 is 0 Å². The molecule has 6 heteroatoms.